The minimum Gasteiger partial charge on any atom is -0.497 e. The predicted molar refractivity (Wildman–Crippen MR) is 108 cm³/mol. The number of rotatable bonds is 8. The van der Waals surface area contributed by atoms with Gasteiger partial charge in [-0.1, -0.05) is 30.3 Å². The van der Waals surface area contributed by atoms with Gasteiger partial charge in [-0.15, -0.1) is 0 Å². The van der Waals surface area contributed by atoms with Crippen molar-refractivity contribution in [1.82, 2.24) is 19.9 Å². The number of methoxy groups -OCH3 is 1. The Bertz CT molecular complexity index is 973. The van der Waals surface area contributed by atoms with Gasteiger partial charge in [0.15, 0.2) is 0 Å². The average molecular weight is 360 g/mol. The maximum atomic E-state index is 5.26. The van der Waals surface area contributed by atoms with Crippen LogP contribution in [0.2, 0.25) is 0 Å². The SMILES string of the molecule is COc1ccc(CN(CCc2c[nH]c3ccccc23)Cc2ncc[nH]2)cc1. The van der Waals surface area contributed by atoms with E-state index in [-0.39, 0.29) is 0 Å². The molecule has 2 heterocycles. The van der Waals surface area contributed by atoms with Crippen molar-refractivity contribution in [2.75, 3.05) is 13.7 Å². The molecule has 2 aromatic heterocycles. The molecule has 4 aromatic rings. The van der Waals surface area contributed by atoms with E-state index in [1.165, 1.54) is 22.0 Å². The highest BCUT2D eigenvalue weighted by Crippen LogP contribution is 2.19. The summed E-state index contributed by atoms with van der Waals surface area (Å²) in [5.74, 6) is 1.87. The third-order valence-electron chi connectivity index (χ3n) is 4.87. The van der Waals surface area contributed by atoms with Crippen LogP contribution in [-0.4, -0.2) is 33.5 Å². The summed E-state index contributed by atoms with van der Waals surface area (Å²) in [6, 6.07) is 16.7. The van der Waals surface area contributed by atoms with Crippen LogP contribution in [0, 0.1) is 0 Å². The number of para-hydroxylation sites is 1. The molecule has 0 aliphatic heterocycles. The zero-order chi connectivity index (χ0) is 18.5. The van der Waals surface area contributed by atoms with Gasteiger partial charge in [-0.25, -0.2) is 4.98 Å². The highest BCUT2D eigenvalue weighted by molar-refractivity contribution is 5.83. The van der Waals surface area contributed by atoms with Gasteiger partial charge in [0.1, 0.15) is 11.6 Å². The molecule has 0 aliphatic carbocycles. The van der Waals surface area contributed by atoms with E-state index in [4.69, 9.17) is 4.74 Å². The summed E-state index contributed by atoms with van der Waals surface area (Å²) >= 11 is 0. The number of hydrogen-bond donors (Lipinski definition) is 2. The van der Waals surface area contributed by atoms with Crippen LogP contribution in [0.4, 0.5) is 0 Å². The topological polar surface area (TPSA) is 56.9 Å². The van der Waals surface area contributed by atoms with Gasteiger partial charge in [0.25, 0.3) is 0 Å². The molecule has 0 saturated carbocycles. The normalized spacial score (nSPS) is 11.3. The number of nitrogens with zero attached hydrogens (tertiary/aromatic N) is 2. The minimum absolute atomic E-state index is 0.793. The maximum absolute atomic E-state index is 5.26. The Balaban J connectivity index is 1.48. The first-order valence-corrected chi connectivity index (χ1v) is 9.20. The Morgan fingerprint density at radius 3 is 2.63 bits per heavy atom. The summed E-state index contributed by atoms with van der Waals surface area (Å²) in [5.41, 5.74) is 3.81. The van der Waals surface area contributed by atoms with Crippen molar-refractivity contribution in [2.45, 2.75) is 19.5 Å². The summed E-state index contributed by atoms with van der Waals surface area (Å²) in [6.45, 7) is 2.61. The van der Waals surface area contributed by atoms with Crippen LogP contribution in [0.15, 0.2) is 67.1 Å². The summed E-state index contributed by atoms with van der Waals surface area (Å²) in [7, 11) is 1.69. The molecule has 4 rings (SSSR count). The van der Waals surface area contributed by atoms with Gasteiger partial charge in [-0.2, -0.15) is 0 Å². The molecule has 27 heavy (non-hydrogen) atoms. The van der Waals surface area contributed by atoms with Crippen molar-refractivity contribution in [1.29, 1.82) is 0 Å². The number of fused-ring (bicyclic) bond motifs is 1. The Hall–Kier alpha value is -3.05. The molecule has 5 heteroatoms. The zero-order valence-corrected chi connectivity index (χ0v) is 15.5. The molecule has 0 aliphatic rings. The zero-order valence-electron chi connectivity index (χ0n) is 15.5. The summed E-state index contributed by atoms with van der Waals surface area (Å²) < 4.78 is 5.26. The fourth-order valence-corrected chi connectivity index (χ4v) is 3.42. The van der Waals surface area contributed by atoms with Gasteiger partial charge >= 0.3 is 0 Å². The van der Waals surface area contributed by atoms with E-state index < -0.39 is 0 Å². The van der Waals surface area contributed by atoms with Crippen molar-refractivity contribution in [2.24, 2.45) is 0 Å². The molecule has 138 valence electrons. The molecule has 0 amide bonds. The Morgan fingerprint density at radius 1 is 1.00 bits per heavy atom. The molecule has 0 spiro atoms. The van der Waals surface area contributed by atoms with Gasteiger partial charge in [-0.05, 0) is 35.7 Å². The van der Waals surface area contributed by atoms with Crippen LogP contribution in [-0.2, 0) is 19.5 Å². The van der Waals surface area contributed by atoms with Crippen molar-refractivity contribution in [3.63, 3.8) is 0 Å². The van der Waals surface area contributed by atoms with E-state index in [0.29, 0.717) is 0 Å². The monoisotopic (exact) mass is 360 g/mol. The quantitative estimate of drug-likeness (QED) is 0.496. The van der Waals surface area contributed by atoms with Crippen LogP contribution < -0.4 is 4.74 Å². The molecular formula is C22H24N4O. The third kappa shape index (κ3) is 4.20. The van der Waals surface area contributed by atoms with E-state index >= 15 is 0 Å². The average Bonchev–Trinajstić information content (AvgIpc) is 3.36. The number of nitrogens with one attached hydrogen (secondary N) is 2. The fraction of sp³-hybridized carbons (Fsp3) is 0.227. The lowest BCUT2D eigenvalue weighted by Gasteiger charge is -2.21. The molecule has 0 radical (unpaired) electrons. The molecule has 0 saturated heterocycles. The van der Waals surface area contributed by atoms with Gasteiger partial charge in [0.05, 0.1) is 13.7 Å². The van der Waals surface area contributed by atoms with E-state index in [9.17, 15) is 0 Å². The summed E-state index contributed by atoms with van der Waals surface area (Å²) in [4.78, 5) is 13.4. The molecule has 5 nitrogen and oxygen atoms in total. The summed E-state index contributed by atoms with van der Waals surface area (Å²) in [6.07, 6.45) is 6.80. The molecule has 0 unspecified atom stereocenters. The summed E-state index contributed by atoms with van der Waals surface area (Å²) in [5, 5.41) is 1.31. The molecule has 0 fully saturated rings. The maximum Gasteiger partial charge on any atom is 0.120 e. The highest BCUT2D eigenvalue weighted by Gasteiger charge is 2.11. The van der Waals surface area contributed by atoms with Gasteiger partial charge in [0.2, 0.25) is 0 Å². The minimum atomic E-state index is 0.793. The number of benzene rings is 2. The van der Waals surface area contributed by atoms with Crippen molar-refractivity contribution >= 4 is 10.9 Å². The molecule has 2 N–H and O–H groups in total. The lowest BCUT2D eigenvalue weighted by molar-refractivity contribution is 0.254. The van der Waals surface area contributed by atoms with Gasteiger partial charge < -0.3 is 14.7 Å². The molecular weight excluding hydrogens is 336 g/mol. The Kier molecular flexibility index (Phi) is 5.21. The van der Waals surface area contributed by atoms with Gasteiger partial charge in [0, 0.05) is 42.6 Å². The number of aromatic amines is 2. The first-order chi connectivity index (χ1) is 13.3. The number of H-pyrrole nitrogens is 2. The van der Waals surface area contributed by atoms with Crippen molar-refractivity contribution in [3.05, 3.63) is 84.1 Å². The van der Waals surface area contributed by atoms with Crippen LogP contribution in [0.1, 0.15) is 17.0 Å². The van der Waals surface area contributed by atoms with E-state index in [1.807, 2.05) is 18.3 Å². The third-order valence-corrected chi connectivity index (χ3v) is 4.87. The molecule has 2 aromatic carbocycles. The second-order valence-electron chi connectivity index (χ2n) is 6.70. The fourth-order valence-electron chi connectivity index (χ4n) is 3.42. The number of ether oxygens (including phenoxy) is 1. The van der Waals surface area contributed by atoms with Crippen molar-refractivity contribution < 1.29 is 4.74 Å². The second-order valence-corrected chi connectivity index (χ2v) is 6.70. The highest BCUT2D eigenvalue weighted by atomic mass is 16.5. The largest absolute Gasteiger partial charge is 0.497 e. The number of aromatic nitrogens is 3. The first kappa shape index (κ1) is 17.4. The van der Waals surface area contributed by atoms with Crippen LogP contribution in [0.5, 0.6) is 5.75 Å². The Labute approximate surface area is 159 Å². The number of imidazole rings is 1. The van der Waals surface area contributed by atoms with E-state index in [0.717, 1.165) is 37.6 Å². The Morgan fingerprint density at radius 2 is 1.85 bits per heavy atom. The second kappa shape index (κ2) is 8.10. The molecule has 0 bridgehead atoms. The molecule has 0 atom stereocenters. The van der Waals surface area contributed by atoms with Gasteiger partial charge in [-0.3, -0.25) is 4.90 Å². The number of hydrogen-bond acceptors (Lipinski definition) is 3. The van der Waals surface area contributed by atoms with Crippen LogP contribution in [0.3, 0.4) is 0 Å². The van der Waals surface area contributed by atoms with E-state index in [2.05, 4.69) is 62.4 Å². The first-order valence-electron chi connectivity index (χ1n) is 9.20. The standard InChI is InChI=1S/C22H24N4O/c1-27-19-8-6-17(7-9-19)15-26(16-22-23-11-12-24-22)13-10-18-14-25-21-5-3-2-4-20(18)21/h2-9,11-12,14,25H,10,13,15-16H2,1H3,(H,23,24). The van der Waals surface area contributed by atoms with Crippen molar-refractivity contribution in [3.8, 4) is 5.75 Å². The smallest absolute Gasteiger partial charge is 0.120 e. The van der Waals surface area contributed by atoms with Crippen LogP contribution >= 0.6 is 0 Å². The lowest BCUT2D eigenvalue weighted by Crippen LogP contribution is -2.26. The lowest BCUT2D eigenvalue weighted by atomic mass is 10.1. The predicted octanol–water partition coefficient (Wildman–Crippen LogP) is 4.14. The van der Waals surface area contributed by atoms with E-state index in [1.54, 1.807) is 13.3 Å². The van der Waals surface area contributed by atoms with Crippen LogP contribution in [0.25, 0.3) is 10.9 Å².